The number of hydrogen-bond acceptors (Lipinski definition) is 6. The number of benzene rings is 1. The summed E-state index contributed by atoms with van der Waals surface area (Å²) in [5, 5.41) is 4.66. The quantitative estimate of drug-likeness (QED) is 0.728. The van der Waals surface area contributed by atoms with Gasteiger partial charge in [-0.3, -0.25) is 0 Å². The lowest BCUT2D eigenvalue weighted by Gasteiger charge is -1.91. The van der Waals surface area contributed by atoms with Crippen molar-refractivity contribution in [3.63, 3.8) is 0 Å². The molecule has 0 amide bonds. The summed E-state index contributed by atoms with van der Waals surface area (Å²) < 4.78 is 10.1. The van der Waals surface area contributed by atoms with Crippen molar-refractivity contribution in [1.82, 2.24) is 20.1 Å². The van der Waals surface area contributed by atoms with Crippen molar-refractivity contribution < 1.29 is 9.26 Å². The van der Waals surface area contributed by atoms with Gasteiger partial charge in [0, 0.05) is 7.11 Å². The molecule has 3 rings (SSSR count). The lowest BCUT2D eigenvalue weighted by molar-refractivity contribution is 0.174. The van der Waals surface area contributed by atoms with E-state index in [9.17, 15) is 0 Å². The molecule has 6 nitrogen and oxygen atoms in total. The van der Waals surface area contributed by atoms with Crippen molar-refractivity contribution in [3.05, 3.63) is 35.5 Å². The van der Waals surface area contributed by atoms with Crippen LogP contribution in [0.1, 0.15) is 17.3 Å². The number of nitrogens with one attached hydrogen (secondary N) is 1. The summed E-state index contributed by atoms with van der Waals surface area (Å²) in [6.07, 6.45) is 0. The lowest BCUT2D eigenvalue weighted by Crippen LogP contribution is -1.90. The molecule has 0 radical (unpaired) electrons. The highest BCUT2D eigenvalue weighted by Gasteiger charge is 2.09. The molecule has 104 valence electrons. The van der Waals surface area contributed by atoms with Crippen LogP contribution < -0.4 is 0 Å². The third kappa shape index (κ3) is 2.83. The number of aromatic amines is 1. The van der Waals surface area contributed by atoms with Crippen molar-refractivity contribution in [3.8, 4) is 0 Å². The number of hydrogen-bond donors (Lipinski definition) is 1. The maximum absolute atomic E-state index is 5.13. The highest BCUT2D eigenvalue weighted by molar-refractivity contribution is 7.98. The number of aromatic nitrogens is 4. The van der Waals surface area contributed by atoms with Crippen molar-refractivity contribution in [1.29, 1.82) is 0 Å². The summed E-state index contributed by atoms with van der Waals surface area (Å²) in [5.41, 5.74) is 3.21. The minimum atomic E-state index is 0.359. The van der Waals surface area contributed by atoms with Gasteiger partial charge in [-0.1, -0.05) is 23.0 Å². The molecule has 2 aromatic heterocycles. The first kappa shape index (κ1) is 13.1. The molecule has 3 aromatic rings. The Labute approximate surface area is 119 Å². The molecular formula is C13H14N4O2S. The van der Waals surface area contributed by atoms with Crippen LogP contribution in [0.3, 0.4) is 0 Å². The maximum Gasteiger partial charge on any atom is 0.237 e. The molecular weight excluding hydrogens is 276 g/mol. The predicted molar refractivity (Wildman–Crippen MR) is 75.4 cm³/mol. The van der Waals surface area contributed by atoms with E-state index in [1.54, 1.807) is 7.11 Å². The fourth-order valence-corrected chi connectivity index (χ4v) is 2.56. The second-order valence-corrected chi connectivity index (χ2v) is 5.35. The lowest BCUT2D eigenvalue weighted by atomic mass is 10.2. The van der Waals surface area contributed by atoms with Gasteiger partial charge in [-0.15, -0.1) is 0 Å². The molecule has 0 aliphatic rings. The Kier molecular flexibility index (Phi) is 3.70. The van der Waals surface area contributed by atoms with Gasteiger partial charge in [-0.2, -0.15) is 4.98 Å². The molecule has 0 saturated carbocycles. The fourth-order valence-electron chi connectivity index (χ4n) is 1.84. The van der Waals surface area contributed by atoms with Crippen LogP contribution in [0.4, 0.5) is 0 Å². The molecule has 1 aromatic carbocycles. The summed E-state index contributed by atoms with van der Waals surface area (Å²) >= 11 is 1.53. The summed E-state index contributed by atoms with van der Waals surface area (Å²) in [6.45, 7) is 2.42. The van der Waals surface area contributed by atoms with Gasteiger partial charge in [0.1, 0.15) is 6.61 Å². The molecule has 20 heavy (non-hydrogen) atoms. The number of aryl methyl sites for hydroxylation is 1. The van der Waals surface area contributed by atoms with Gasteiger partial charge in [0.05, 0.1) is 16.8 Å². The Morgan fingerprint density at radius 1 is 1.35 bits per heavy atom. The number of methoxy groups -OCH3 is 1. The van der Waals surface area contributed by atoms with E-state index >= 15 is 0 Å². The fraction of sp³-hybridized carbons (Fsp3) is 0.308. The zero-order valence-corrected chi connectivity index (χ0v) is 12.0. The minimum absolute atomic E-state index is 0.359. The Morgan fingerprint density at radius 3 is 3.10 bits per heavy atom. The Hall–Kier alpha value is -1.86. The molecule has 0 spiro atoms. The van der Waals surface area contributed by atoms with Crippen molar-refractivity contribution in [2.45, 2.75) is 24.4 Å². The molecule has 0 unspecified atom stereocenters. The van der Waals surface area contributed by atoms with E-state index in [0.29, 0.717) is 24.1 Å². The molecule has 0 bridgehead atoms. The summed E-state index contributed by atoms with van der Waals surface area (Å²) in [5.74, 6) is 1.71. The first-order valence-corrected chi connectivity index (χ1v) is 7.13. The topological polar surface area (TPSA) is 76.8 Å². The minimum Gasteiger partial charge on any atom is -0.377 e. The zero-order valence-electron chi connectivity index (χ0n) is 11.2. The molecule has 7 heteroatoms. The van der Waals surface area contributed by atoms with Crippen LogP contribution in [-0.2, 0) is 17.1 Å². The normalized spacial score (nSPS) is 11.3. The van der Waals surface area contributed by atoms with Crippen molar-refractivity contribution in [2.24, 2.45) is 0 Å². The SMILES string of the molecule is COCc1noc(CSc2nc3ccc(C)cc3[nH]2)n1. The monoisotopic (exact) mass is 290 g/mol. The van der Waals surface area contributed by atoms with Crippen molar-refractivity contribution in [2.75, 3.05) is 7.11 Å². The van der Waals surface area contributed by atoms with Gasteiger partial charge < -0.3 is 14.2 Å². The number of imidazole rings is 1. The van der Waals surface area contributed by atoms with Crippen LogP contribution in [0, 0.1) is 6.92 Å². The maximum atomic E-state index is 5.13. The standard InChI is InChI=1S/C13H14N4O2S/c1-8-3-4-9-10(5-8)15-13(14-9)20-7-12-16-11(6-18-2)17-19-12/h3-5H,6-7H2,1-2H3,(H,14,15). The van der Waals surface area contributed by atoms with Gasteiger partial charge in [0.15, 0.2) is 11.0 Å². The number of nitrogens with zero attached hydrogens (tertiary/aromatic N) is 3. The largest absolute Gasteiger partial charge is 0.377 e. The second kappa shape index (κ2) is 5.64. The molecule has 0 aliphatic heterocycles. The first-order valence-electron chi connectivity index (χ1n) is 6.14. The average molecular weight is 290 g/mol. The predicted octanol–water partition coefficient (Wildman–Crippen LogP) is 2.69. The molecule has 0 saturated heterocycles. The van der Waals surface area contributed by atoms with E-state index in [1.807, 2.05) is 12.1 Å². The van der Waals surface area contributed by atoms with Crippen LogP contribution in [0.5, 0.6) is 0 Å². The van der Waals surface area contributed by atoms with Gasteiger partial charge in [0.2, 0.25) is 5.89 Å². The van der Waals surface area contributed by atoms with Gasteiger partial charge >= 0.3 is 0 Å². The highest BCUT2D eigenvalue weighted by Crippen LogP contribution is 2.23. The Balaban J connectivity index is 1.69. The van der Waals surface area contributed by atoms with E-state index in [-0.39, 0.29) is 0 Å². The van der Waals surface area contributed by atoms with Crippen LogP contribution in [0.25, 0.3) is 11.0 Å². The third-order valence-corrected chi connectivity index (χ3v) is 3.59. The number of thioether (sulfide) groups is 1. The van der Waals surface area contributed by atoms with Crippen LogP contribution in [0.15, 0.2) is 27.9 Å². The summed E-state index contributed by atoms with van der Waals surface area (Å²) in [6, 6.07) is 6.14. The third-order valence-electron chi connectivity index (χ3n) is 2.73. The van der Waals surface area contributed by atoms with Crippen molar-refractivity contribution >= 4 is 22.8 Å². The summed E-state index contributed by atoms with van der Waals surface area (Å²) in [4.78, 5) is 12.0. The number of fused-ring (bicyclic) bond motifs is 1. The molecule has 0 atom stereocenters. The zero-order chi connectivity index (χ0) is 13.9. The van der Waals surface area contributed by atoms with Gasteiger partial charge in [-0.05, 0) is 24.6 Å². The molecule has 0 fully saturated rings. The van der Waals surface area contributed by atoms with Crippen LogP contribution in [0.2, 0.25) is 0 Å². The van der Waals surface area contributed by atoms with E-state index < -0.39 is 0 Å². The van der Waals surface area contributed by atoms with E-state index in [0.717, 1.165) is 16.2 Å². The number of rotatable bonds is 5. The number of H-pyrrole nitrogens is 1. The Morgan fingerprint density at radius 2 is 2.25 bits per heavy atom. The molecule has 0 aliphatic carbocycles. The molecule has 1 N–H and O–H groups in total. The van der Waals surface area contributed by atoms with E-state index in [2.05, 4.69) is 33.1 Å². The van der Waals surface area contributed by atoms with E-state index in [4.69, 9.17) is 9.26 Å². The van der Waals surface area contributed by atoms with Gasteiger partial charge in [0.25, 0.3) is 0 Å². The molecule has 2 heterocycles. The van der Waals surface area contributed by atoms with Crippen LogP contribution in [-0.4, -0.2) is 27.2 Å². The first-order chi connectivity index (χ1) is 9.74. The second-order valence-electron chi connectivity index (χ2n) is 4.39. The summed E-state index contributed by atoms with van der Waals surface area (Å²) in [7, 11) is 1.60. The smallest absolute Gasteiger partial charge is 0.237 e. The highest BCUT2D eigenvalue weighted by atomic mass is 32.2. The van der Waals surface area contributed by atoms with Crippen LogP contribution >= 0.6 is 11.8 Å². The average Bonchev–Trinajstić information content (AvgIpc) is 3.02. The van der Waals surface area contributed by atoms with Gasteiger partial charge in [-0.25, -0.2) is 4.98 Å². The Bertz CT molecular complexity index is 722. The number of ether oxygens (including phenoxy) is 1. The van der Waals surface area contributed by atoms with E-state index in [1.165, 1.54) is 17.3 Å².